The maximum absolute atomic E-state index is 14.1. The van der Waals surface area contributed by atoms with Crippen LogP contribution in [0.1, 0.15) is 44.1 Å². The van der Waals surface area contributed by atoms with Crippen molar-refractivity contribution >= 4 is 0 Å². The Morgan fingerprint density at radius 2 is 1.90 bits per heavy atom. The second-order valence-electron chi connectivity index (χ2n) is 5.78. The summed E-state index contributed by atoms with van der Waals surface area (Å²) in [6.45, 7) is 2.90. The van der Waals surface area contributed by atoms with Crippen molar-refractivity contribution in [3.8, 4) is 0 Å². The maximum atomic E-state index is 14.1. The summed E-state index contributed by atoms with van der Waals surface area (Å²) >= 11 is 0. The Kier molecular flexibility index (Phi) is 5.08. The molecule has 1 nitrogen and oxygen atoms in total. The Labute approximate surface area is 118 Å². The predicted octanol–water partition coefficient (Wildman–Crippen LogP) is 4.23. The summed E-state index contributed by atoms with van der Waals surface area (Å²) in [5.74, 6) is -2.67. The van der Waals surface area contributed by atoms with Crippen molar-refractivity contribution in [3.05, 3.63) is 35.1 Å². The highest BCUT2D eigenvalue weighted by atomic mass is 19.2. The van der Waals surface area contributed by atoms with Crippen molar-refractivity contribution in [2.75, 3.05) is 13.6 Å². The third kappa shape index (κ3) is 3.00. The van der Waals surface area contributed by atoms with Crippen LogP contribution >= 0.6 is 0 Å². The smallest absolute Gasteiger partial charge is 0.194 e. The van der Waals surface area contributed by atoms with Crippen molar-refractivity contribution in [3.63, 3.8) is 0 Å². The highest BCUT2D eigenvalue weighted by Gasteiger charge is 2.33. The molecular formula is C16H22F3N. The number of nitrogens with one attached hydrogen (secondary N) is 1. The van der Waals surface area contributed by atoms with E-state index in [2.05, 4.69) is 12.2 Å². The normalized spacial score (nSPS) is 26.8. The number of halogens is 3. The molecule has 112 valence electrons. The van der Waals surface area contributed by atoms with E-state index in [0.717, 1.165) is 38.3 Å². The molecule has 0 heterocycles. The lowest BCUT2D eigenvalue weighted by Gasteiger charge is -2.36. The molecule has 3 unspecified atom stereocenters. The van der Waals surface area contributed by atoms with Crippen LogP contribution < -0.4 is 5.32 Å². The van der Waals surface area contributed by atoms with Crippen molar-refractivity contribution in [1.29, 1.82) is 0 Å². The lowest BCUT2D eigenvalue weighted by atomic mass is 9.70. The Hall–Kier alpha value is -1.03. The lowest BCUT2D eigenvalue weighted by Crippen LogP contribution is -2.31. The van der Waals surface area contributed by atoms with Gasteiger partial charge in [-0.15, -0.1) is 0 Å². The fourth-order valence-electron chi connectivity index (χ4n) is 3.41. The Morgan fingerprint density at radius 1 is 1.15 bits per heavy atom. The summed E-state index contributed by atoms with van der Waals surface area (Å²) in [6.07, 6.45) is 4.03. The van der Waals surface area contributed by atoms with Crippen LogP contribution in [0.5, 0.6) is 0 Å². The third-order valence-corrected chi connectivity index (χ3v) is 4.61. The van der Waals surface area contributed by atoms with Gasteiger partial charge in [-0.2, -0.15) is 0 Å². The predicted molar refractivity (Wildman–Crippen MR) is 74.1 cm³/mol. The van der Waals surface area contributed by atoms with E-state index in [0.29, 0.717) is 11.5 Å². The van der Waals surface area contributed by atoms with Gasteiger partial charge in [0, 0.05) is 0 Å². The minimum atomic E-state index is -1.34. The zero-order valence-corrected chi connectivity index (χ0v) is 12.1. The SMILES string of the molecule is CCC1CCC(CNC)C(c2ccc(F)c(F)c2F)C1. The molecule has 1 N–H and O–H groups in total. The van der Waals surface area contributed by atoms with Crippen molar-refractivity contribution < 1.29 is 13.2 Å². The van der Waals surface area contributed by atoms with Gasteiger partial charge in [-0.25, -0.2) is 13.2 Å². The molecule has 1 aliphatic carbocycles. The van der Waals surface area contributed by atoms with Gasteiger partial charge in [0.1, 0.15) is 0 Å². The summed E-state index contributed by atoms with van der Waals surface area (Å²) < 4.78 is 40.6. The fraction of sp³-hybridized carbons (Fsp3) is 0.625. The van der Waals surface area contributed by atoms with Gasteiger partial charge in [-0.3, -0.25) is 0 Å². The minimum absolute atomic E-state index is 0.0313. The average Bonchev–Trinajstić information content (AvgIpc) is 2.46. The van der Waals surface area contributed by atoms with Crippen molar-refractivity contribution in [2.24, 2.45) is 11.8 Å². The summed E-state index contributed by atoms with van der Waals surface area (Å²) in [5, 5.41) is 3.13. The van der Waals surface area contributed by atoms with Gasteiger partial charge in [0.05, 0.1) is 0 Å². The Balaban J connectivity index is 2.32. The lowest BCUT2D eigenvalue weighted by molar-refractivity contribution is 0.223. The summed E-state index contributed by atoms with van der Waals surface area (Å²) in [6, 6.07) is 2.46. The molecule has 1 aliphatic rings. The van der Waals surface area contributed by atoms with Crippen LogP contribution in [-0.4, -0.2) is 13.6 Å². The quantitative estimate of drug-likeness (QED) is 0.816. The molecule has 2 rings (SSSR count). The molecule has 0 amide bonds. The molecule has 0 aromatic heterocycles. The zero-order chi connectivity index (χ0) is 14.7. The molecule has 0 spiro atoms. The molecule has 20 heavy (non-hydrogen) atoms. The van der Waals surface area contributed by atoms with Crippen molar-refractivity contribution in [1.82, 2.24) is 5.32 Å². The van der Waals surface area contributed by atoms with Gasteiger partial charge < -0.3 is 5.32 Å². The fourth-order valence-corrected chi connectivity index (χ4v) is 3.41. The first-order chi connectivity index (χ1) is 9.58. The molecule has 0 aliphatic heterocycles. The van der Waals surface area contributed by atoms with Crippen LogP contribution in [0.4, 0.5) is 13.2 Å². The van der Waals surface area contributed by atoms with E-state index in [-0.39, 0.29) is 11.8 Å². The second kappa shape index (κ2) is 6.61. The zero-order valence-electron chi connectivity index (χ0n) is 12.1. The molecule has 1 aromatic carbocycles. The molecule has 0 bridgehead atoms. The number of rotatable bonds is 4. The van der Waals surface area contributed by atoms with E-state index in [4.69, 9.17) is 0 Å². The first-order valence-corrected chi connectivity index (χ1v) is 7.36. The highest BCUT2D eigenvalue weighted by molar-refractivity contribution is 5.25. The van der Waals surface area contributed by atoms with Crippen LogP contribution in [0.15, 0.2) is 12.1 Å². The molecule has 1 fully saturated rings. The average molecular weight is 285 g/mol. The van der Waals surface area contributed by atoms with Gasteiger partial charge >= 0.3 is 0 Å². The van der Waals surface area contributed by atoms with E-state index in [1.54, 1.807) is 0 Å². The second-order valence-corrected chi connectivity index (χ2v) is 5.78. The standard InChI is InChI=1S/C16H22F3N/c1-3-10-4-5-11(9-20-2)13(8-10)12-6-7-14(17)16(19)15(12)18/h6-7,10-11,13,20H,3-5,8-9H2,1-2H3. The molecule has 1 aromatic rings. The highest BCUT2D eigenvalue weighted by Crippen LogP contribution is 2.42. The minimum Gasteiger partial charge on any atom is -0.319 e. The monoisotopic (exact) mass is 285 g/mol. The van der Waals surface area contributed by atoms with Crippen LogP contribution in [-0.2, 0) is 0 Å². The summed E-state index contributed by atoms with van der Waals surface area (Å²) in [7, 11) is 1.87. The maximum Gasteiger partial charge on any atom is 0.194 e. The van der Waals surface area contributed by atoms with E-state index < -0.39 is 17.5 Å². The molecule has 4 heteroatoms. The van der Waals surface area contributed by atoms with Crippen LogP contribution in [0, 0.1) is 29.3 Å². The summed E-state index contributed by atoms with van der Waals surface area (Å²) in [5.41, 5.74) is 0.335. The molecule has 0 saturated heterocycles. The Morgan fingerprint density at radius 3 is 2.55 bits per heavy atom. The third-order valence-electron chi connectivity index (χ3n) is 4.61. The molecular weight excluding hydrogens is 263 g/mol. The van der Waals surface area contributed by atoms with Crippen LogP contribution in [0.3, 0.4) is 0 Å². The number of hydrogen-bond acceptors (Lipinski definition) is 1. The van der Waals surface area contributed by atoms with Gasteiger partial charge in [0.25, 0.3) is 0 Å². The molecule has 3 atom stereocenters. The van der Waals surface area contributed by atoms with Gasteiger partial charge in [-0.1, -0.05) is 25.8 Å². The van der Waals surface area contributed by atoms with E-state index in [9.17, 15) is 13.2 Å². The van der Waals surface area contributed by atoms with Gasteiger partial charge in [-0.05, 0) is 55.8 Å². The van der Waals surface area contributed by atoms with Crippen LogP contribution in [0.25, 0.3) is 0 Å². The molecule has 1 saturated carbocycles. The topological polar surface area (TPSA) is 12.0 Å². The van der Waals surface area contributed by atoms with Crippen LogP contribution in [0.2, 0.25) is 0 Å². The Bertz CT molecular complexity index is 461. The van der Waals surface area contributed by atoms with E-state index >= 15 is 0 Å². The van der Waals surface area contributed by atoms with E-state index in [1.165, 1.54) is 6.07 Å². The molecule has 0 radical (unpaired) electrons. The first kappa shape index (κ1) is 15.4. The number of hydrogen-bond donors (Lipinski definition) is 1. The summed E-state index contributed by atoms with van der Waals surface area (Å²) in [4.78, 5) is 0. The van der Waals surface area contributed by atoms with Crippen molar-refractivity contribution in [2.45, 2.75) is 38.5 Å². The van der Waals surface area contributed by atoms with Gasteiger partial charge in [0.2, 0.25) is 0 Å². The van der Waals surface area contributed by atoms with E-state index in [1.807, 2.05) is 7.05 Å². The number of benzene rings is 1. The largest absolute Gasteiger partial charge is 0.319 e. The van der Waals surface area contributed by atoms with Gasteiger partial charge in [0.15, 0.2) is 17.5 Å². The first-order valence-electron chi connectivity index (χ1n) is 7.36.